The van der Waals surface area contributed by atoms with Crippen molar-refractivity contribution >= 4 is 35.2 Å². The van der Waals surface area contributed by atoms with Gasteiger partial charge in [-0.1, -0.05) is 0 Å². The molecule has 0 bridgehead atoms. The number of carbonyl (C=O) groups excluding carboxylic acids is 3. The van der Waals surface area contributed by atoms with Gasteiger partial charge in [0.25, 0.3) is 0 Å². The number of hydrogen-bond acceptors (Lipinski definition) is 4. The van der Waals surface area contributed by atoms with Gasteiger partial charge in [0, 0.05) is 30.1 Å². The van der Waals surface area contributed by atoms with Crippen molar-refractivity contribution in [2.45, 2.75) is 31.2 Å². The van der Waals surface area contributed by atoms with E-state index in [0.717, 1.165) is 10.6 Å². The lowest BCUT2D eigenvalue weighted by Crippen LogP contribution is -2.47. The fourth-order valence-corrected chi connectivity index (χ4v) is 3.03. The van der Waals surface area contributed by atoms with Gasteiger partial charge in [-0.3, -0.25) is 14.4 Å². The van der Waals surface area contributed by atoms with Crippen molar-refractivity contribution in [2.24, 2.45) is 5.92 Å². The van der Waals surface area contributed by atoms with E-state index in [1.807, 2.05) is 37.4 Å². The Labute approximate surface area is 146 Å². The number of anilines is 1. The number of thioether (sulfide) groups is 1. The summed E-state index contributed by atoms with van der Waals surface area (Å²) in [6.07, 6.45) is 2.16. The number of hydrogen-bond donors (Lipinski definition) is 2. The van der Waals surface area contributed by atoms with Crippen LogP contribution >= 0.6 is 11.8 Å². The molecule has 1 aromatic rings. The summed E-state index contributed by atoms with van der Waals surface area (Å²) in [4.78, 5) is 39.0. The van der Waals surface area contributed by atoms with Crippen LogP contribution in [0.5, 0.6) is 0 Å². The Bertz CT molecular complexity index is 618. The third-order valence-electron chi connectivity index (χ3n) is 3.98. The second-order valence-corrected chi connectivity index (χ2v) is 6.61. The SMILES string of the molecule is CCNC(=O)C(C)NC(=O)C1CC(=O)N(c2ccc(SC)cc2)C1. The van der Waals surface area contributed by atoms with E-state index >= 15 is 0 Å². The summed E-state index contributed by atoms with van der Waals surface area (Å²) in [6.45, 7) is 4.31. The van der Waals surface area contributed by atoms with Crippen molar-refractivity contribution < 1.29 is 14.4 Å². The maximum Gasteiger partial charge on any atom is 0.242 e. The molecule has 1 aromatic carbocycles. The van der Waals surface area contributed by atoms with Gasteiger partial charge in [-0.15, -0.1) is 11.8 Å². The molecule has 2 atom stereocenters. The molecular weight excluding hydrogens is 326 g/mol. The molecule has 0 radical (unpaired) electrons. The fourth-order valence-electron chi connectivity index (χ4n) is 2.62. The zero-order valence-electron chi connectivity index (χ0n) is 14.2. The summed E-state index contributed by atoms with van der Waals surface area (Å²) in [5, 5.41) is 5.35. The Hall–Kier alpha value is -2.02. The van der Waals surface area contributed by atoms with Crippen molar-refractivity contribution in [3.63, 3.8) is 0 Å². The normalized spacial score (nSPS) is 18.4. The second-order valence-electron chi connectivity index (χ2n) is 5.73. The Balaban J connectivity index is 1.98. The van der Waals surface area contributed by atoms with Gasteiger partial charge < -0.3 is 15.5 Å². The van der Waals surface area contributed by atoms with Gasteiger partial charge in [0.15, 0.2) is 0 Å². The van der Waals surface area contributed by atoms with E-state index in [-0.39, 0.29) is 24.1 Å². The van der Waals surface area contributed by atoms with E-state index in [9.17, 15) is 14.4 Å². The third kappa shape index (κ3) is 4.29. The molecule has 130 valence electrons. The quantitative estimate of drug-likeness (QED) is 0.761. The maximum absolute atomic E-state index is 12.3. The molecule has 1 fully saturated rings. The summed E-state index contributed by atoms with van der Waals surface area (Å²) < 4.78 is 0. The molecule has 0 saturated carbocycles. The molecular formula is C17H23N3O3S. The Kier molecular flexibility index (Phi) is 6.25. The lowest BCUT2D eigenvalue weighted by atomic mass is 10.1. The van der Waals surface area contributed by atoms with Crippen LogP contribution in [0.15, 0.2) is 29.2 Å². The molecule has 2 rings (SSSR count). The van der Waals surface area contributed by atoms with Gasteiger partial charge in [0.2, 0.25) is 17.7 Å². The minimum atomic E-state index is -0.609. The fraction of sp³-hybridized carbons (Fsp3) is 0.471. The minimum absolute atomic E-state index is 0.0716. The first-order valence-electron chi connectivity index (χ1n) is 7.98. The molecule has 1 aliphatic rings. The Morgan fingerprint density at radius 1 is 1.33 bits per heavy atom. The van der Waals surface area contributed by atoms with E-state index in [1.165, 1.54) is 0 Å². The van der Waals surface area contributed by atoms with E-state index in [4.69, 9.17) is 0 Å². The van der Waals surface area contributed by atoms with Crippen molar-refractivity contribution in [1.82, 2.24) is 10.6 Å². The molecule has 3 amide bonds. The highest BCUT2D eigenvalue weighted by Crippen LogP contribution is 2.27. The highest BCUT2D eigenvalue weighted by molar-refractivity contribution is 7.98. The topological polar surface area (TPSA) is 78.5 Å². The van der Waals surface area contributed by atoms with Gasteiger partial charge in [0.1, 0.15) is 6.04 Å². The highest BCUT2D eigenvalue weighted by Gasteiger charge is 2.35. The molecule has 2 N–H and O–H groups in total. The molecule has 0 aliphatic carbocycles. The number of rotatable bonds is 6. The number of carbonyl (C=O) groups is 3. The van der Waals surface area contributed by atoms with Crippen LogP contribution in [0.25, 0.3) is 0 Å². The molecule has 1 heterocycles. The molecule has 7 heteroatoms. The molecule has 0 aromatic heterocycles. The van der Waals surface area contributed by atoms with Crippen molar-refractivity contribution in [2.75, 3.05) is 24.2 Å². The Morgan fingerprint density at radius 3 is 2.58 bits per heavy atom. The smallest absolute Gasteiger partial charge is 0.242 e. The van der Waals surface area contributed by atoms with Gasteiger partial charge in [0.05, 0.1) is 5.92 Å². The van der Waals surface area contributed by atoms with Crippen LogP contribution in [0.3, 0.4) is 0 Å². The van der Waals surface area contributed by atoms with Crippen LogP contribution < -0.4 is 15.5 Å². The predicted octanol–water partition coefficient (Wildman–Crippen LogP) is 1.40. The first-order valence-corrected chi connectivity index (χ1v) is 9.21. The summed E-state index contributed by atoms with van der Waals surface area (Å²) >= 11 is 1.63. The second kappa shape index (κ2) is 8.19. The first-order chi connectivity index (χ1) is 11.5. The summed E-state index contributed by atoms with van der Waals surface area (Å²) in [7, 11) is 0. The molecule has 1 saturated heterocycles. The molecule has 0 spiro atoms. The number of benzene rings is 1. The highest BCUT2D eigenvalue weighted by atomic mass is 32.2. The first kappa shape index (κ1) is 18.3. The maximum atomic E-state index is 12.3. The van der Waals surface area contributed by atoms with Gasteiger partial charge >= 0.3 is 0 Å². The van der Waals surface area contributed by atoms with E-state index in [0.29, 0.717) is 13.1 Å². The lowest BCUT2D eigenvalue weighted by Gasteiger charge is -2.18. The van der Waals surface area contributed by atoms with Crippen LogP contribution in [0.4, 0.5) is 5.69 Å². The molecule has 6 nitrogen and oxygen atoms in total. The lowest BCUT2D eigenvalue weighted by molar-refractivity contribution is -0.130. The van der Waals surface area contributed by atoms with E-state index < -0.39 is 12.0 Å². The van der Waals surface area contributed by atoms with Gasteiger partial charge in [-0.05, 0) is 44.4 Å². The van der Waals surface area contributed by atoms with Crippen molar-refractivity contribution in [1.29, 1.82) is 0 Å². The van der Waals surface area contributed by atoms with Crippen LogP contribution in [-0.4, -0.2) is 43.1 Å². The van der Waals surface area contributed by atoms with E-state index in [2.05, 4.69) is 10.6 Å². The summed E-state index contributed by atoms with van der Waals surface area (Å²) in [5.41, 5.74) is 0.796. The van der Waals surface area contributed by atoms with Crippen LogP contribution in [0.1, 0.15) is 20.3 Å². The average Bonchev–Trinajstić information content (AvgIpc) is 2.97. The molecule has 1 aliphatic heterocycles. The van der Waals surface area contributed by atoms with Gasteiger partial charge in [-0.2, -0.15) is 0 Å². The average molecular weight is 349 g/mol. The standard InChI is InChI=1S/C17H23N3O3S/c1-4-18-16(22)11(2)19-17(23)12-9-15(21)20(10-12)13-5-7-14(24-3)8-6-13/h5-8,11-12H,4,9-10H2,1-3H3,(H,18,22)(H,19,23). The van der Waals surface area contributed by atoms with Crippen molar-refractivity contribution in [3.8, 4) is 0 Å². The zero-order valence-corrected chi connectivity index (χ0v) is 15.0. The molecule has 2 unspecified atom stereocenters. The number of amides is 3. The minimum Gasteiger partial charge on any atom is -0.355 e. The predicted molar refractivity (Wildman–Crippen MR) is 95.0 cm³/mol. The number of likely N-dealkylation sites (N-methyl/N-ethyl adjacent to an activating group) is 1. The third-order valence-corrected chi connectivity index (χ3v) is 4.73. The monoisotopic (exact) mass is 349 g/mol. The Morgan fingerprint density at radius 2 is 2.00 bits per heavy atom. The summed E-state index contributed by atoms with van der Waals surface area (Å²) in [6, 6.07) is 7.08. The van der Waals surface area contributed by atoms with E-state index in [1.54, 1.807) is 23.6 Å². The largest absolute Gasteiger partial charge is 0.355 e. The molecule has 24 heavy (non-hydrogen) atoms. The van der Waals surface area contributed by atoms with Crippen molar-refractivity contribution in [3.05, 3.63) is 24.3 Å². The van der Waals surface area contributed by atoms with Crippen LogP contribution in [0.2, 0.25) is 0 Å². The zero-order chi connectivity index (χ0) is 17.7. The van der Waals surface area contributed by atoms with Gasteiger partial charge in [-0.25, -0.2) is 0 Å². The number of nitrogens with one attached hydrogen (secondary N) is 2. The van der Waals surface area contributed by atoms with Crippen LogP contribution in [-0.2, 0) is 14.4 Å². The van der Waals surface area contributed by atoms with Crippen LogP contribution in [0, 0.1) is 5.92 Å². The summed E-state index contributed by atoms with van der Waals surface area (Å²) in [5.74, 6) is -0.989. The number of nitrogens with zero attached hydrogens (tertiary/aromatic N) is 1.